The van der Waals surface area contributed by atoms with Crippen molar-refractivity contribution in [1.29, 1.82) is 0 Å². The highest BCUT2D eigenvalue weighted by Gasteiger charge is 2.34. The van der Waals surface area contributed by atoms with Crippen LogP contribution in [-0.2, 0) is 4.79 Å². The first-order chi connectivity index (χ1) is 7.68. The SMILES string of the molecule is O=C(NC1CCCC1C(=O)O)c1ccco1. The molecule has 1 heterocycles. The number of hydrogen-bond acceptors (Lipinski definition) is 3. The van der Waals surface area contributed by atoms with Crippen molar-refractivity contribution in [2.75, 3.05) is 0 Å². The molecule has 1 fully saturated rings. The second-order valence-electron chi connectivity index (χ2n) is 3.93. The lowest BCUT2D eigenvalue weighted by Crippen LogP contribution is -2.40. The first-order valence-corrected chi connectivity index (χ1v) is 5.25. The fraction of sp³-hybridized carbons (Fsp3) is 0.455. The third-order valence-corrected chi connectivity index (χ3v) is 2.89. The van der Waals surface area contributed by atoms with Crippen molar-refractivity contribution >= 4 is 11.9 Å². The fourth-order valence-corrected chi connectivity index (χ4v) is 2.08. The molecular formula is C11H13NO4. The summed E-state index contributed by atoms with van der Waals surface area (Å²) >= 11 is 0. The van der Waals surface area contributed by atoms with Gasteiger partial charge in [-0.05, 0) is 25.0 Å². The summed E-state index contributed by atoms with van der Waals surface area (Å²) in [5.41, 5.74) is 0. The van der Waals surface area contributed by atoms with Crippen LogP contribution in [0.25, 0.3) is 0 Å². The van der Waals surface area contributed by atoms with E-state index in [-0.39, 0.29) is 17.7 Å². The van der Waals surface area contributed by atoms with Gasteiger partial charge < -0.3 is 14.8 Å². The Bertz CT molecular complexity index is 385. The summed E-state index contributed by atoms with van der Waals surface area (Å²) in [6.45, 7) is 0. The number of aliphatic carboxylic acids is 1. The monoisotopic (exact) mass is 223 g/mol. The van der Waals surface area contributed by atoms with Crippen molar-refractivity contribution in [3.63, 3.8) is 0 Å². The Labute approximate surface area is 92.4 Å². The maximum Gasteiger partial charge on any atom is 0.308 e. The van der Waals surface area contributed by atoms with E-state index in [2.05, 4.69) is 5.32 Å². The lowest BCUT2D eigenvalue weighted by molar-refractivity contribution is -0.142. The third-order valence-electron chi connectivity index (χ3n) is 2.89. The summed E-state index contributed by atoms with van der Waals surface area (Å²) < 4.78 is 4.94. The second kappa shape index (κ2) is 4.38. The standard InChI is InChI=1S/C11H13NO4/c13-10(9-5-2-6-16-9)12-8-4-1-3-7(8)11(14)15/h2,5-8H,1,3-4H2,(H,12,13)(H,14,15). The number of rotatable bonds is 3. The molecule has 1 aromatic rings. The van der Waals surface area contributed by atoms with E-state index in [1.54, 1.807) is 12.1 Å². The Morgan fingerprint density at radius 1 is 1.44 bits per heavy atom. The maximum absolute atomic E-state index is 11.6. The minimum atomic E-state index is -0.845. The zero-order valence-corrected chi connectivity index (χ0v) is 8.68. The van der Waals surface area contributed by atoms with Crippen molar-refractivity contribution in [2.24, 2.45) is 5.92 Å². The molecule has 0 aliphatic heterocycles. The Morgan fingerprint density at radius 2 is 2.25 bits per heavy atom. The number of hydrogen-bond donors (Lipinski definition) is 2. The molecule has 2 unspecified atom stereocenters. The van der Waals surface area contributed by atoms with E-state index in [1.807, 2.05) is 0 Å². The molecule has 1 aliphatic rings. The summed E-state index contributed by atoms with van der Waals surface area (Å²) in [6.07, 6.45) is 3.58. The second-order valence-corrected chi connectivity index (χ2v) is 3.93. The van der Waals surface area contributed by atoms with Gasteiger partial charge in [0.1, 0.15) is 0 Å². The number of carboxylic acid groups (broad SMARTS) is 1. The number of carbonyl (C=O) groups is 2. The van der Waals surface area contributed by atoms with Gasteiger partial charge in [-0.15, -0.1) is 0 Å². The van der Waals surface area contributed by atoms with Crippen LogP contribution in [0.5, 0.6) is 0 Å². The Balaban J connectivity index is 1.99. The third kappa shape index (κ3) is 2.08. The molecule has 0 bridgehead atoms. The predicted octanol–water partition coefficient (Wildman–Crippen LogP) is 1.26. The molecule has 1 aliphatic carbocycles. The van der Waals surface area contributed by atoms with Crippen LogP contribution >= 0.6 is 0 Å². The summed E-state index contributed by atoms with van der Waals surface area (Å²) in [5.74, 6) is -1.44. The van der Waals surface area contributed by atoms with Gasteiger partial charge in [0.15, 0.2) is 5.76 Å². The zero-order chi connectivity index (χ0) is 11.5. The minimum absolute atomic E-state index is 0.219. The van der Waals surface area contributed by atoms with Crippen molar-refractivity contribution in [3.8, 4) is 0 Å². The Morgan fingerprint density at radius 3 is 2.88 bits per heavy atom. The van der Waals surface area contributed by atoms with Crippen LogP contribution in [0.1, 0.15) is 29.8 Å². The summed E-state index contributed by atoms with van der Waals surface area (Å²) in [5, 5.41) is 11.7. The van der Waals surface area contributed by atoms with Crippen LogP contribution in [0.2, 0.25) is 0 Å². The normalized spacial score (nSPS) is 24.2. The molecule has 2 atom stereocenters. The summed E-state index contributed by atoms with van der Waals surface area (Å²) in [7, 11) is 0. The van der Waals surface area contributed by atoms with Gasteiger partial charge in [-0.25, -0.2) is 0 Å². The molecule has 2 rings (SSSR count). The topological polar surface area (TPSA) is 79.5 Å². The van der Waals surface area contributed by atoms with Gasteiger partial charge in [-0.3, -0.25) is 9.59 Å². The molecule has 0 spiro atoms. The molecule has 5 heteroatoms. The Hall–Kier alpha value is -1.78. The summed E-state index contributed by atoms with van der Waals surface area (Å²) in [4.78, 5) is 22.5. The predicted molar refractivity (Wildman–Crippen MR) is 54.9 cm³/mol. The van der Waals surface area contributed by atoms with Gasteiger partial charge in [-0.1, -0.05) is 6.42 Å². The highest BCUT2D eigenvalue weighted by molar-refractivity contribution is 5.92. The van der Waals surface area contributed by atoms with E-state index >= 15 is 0 Å². The van der Waals surface area contributed by atoms with Crippen LogP contribution in [-0.4, -0.2) is 23.0 Å². The summed E-state index contributed by atoms with van der Waals surface area (Å²) in [6, 6.07) is 2.90. The van der Waals surface area contributed by atoms with E-state index < -0.39 is 11.9 Å². The van der Waals surface area contributed by atoms with Crippen molar-refractivity contribution in [1.82, 2.24) is 5.32 Å². The highest BCUT2D eigenvalue weighted by Crippen LogP contribution is 2.26. The van der Waals surface area contributed by atoms with Crippen molar-refractivity contribution < 1.29 is 19.1 Å². The van der Waals surface area contributed by atoms with E-state index in [4.69, 9.17) is 9.52 Å². The van der Waals surface area contributed by atoms with Crippen LogP contribution in [0, 0.1) is 5.92 Å². The van der Waals surface area contributed by atoms with Gasteiger partial charge in [0.2, 0.25) is 0 Å². The van der Waals surface area contributed by atoms with Crippen LogP contribution < -0.4 is 5.32 Å². The quantitative estimate of drug-likeness (QED) is 0.808. The molecule has 0 radical (unpaired) electrons. The maximum atomic E-state index is 11.6. The molecule has 5 nitrogen and oxygen atoms in total. The zero-order valence-electron chi connectivity index (χ0n) is 8.68. The fourth-order valence-electron chi connectivity index (χ4n) is 2.08. The van der Waals surface area contributed by atoms with E-state index in [0.29, 0.717) is 12.8 Å². The van der Waals surface area contributed by atoms with Crippen molar-refractivity contribution in [2.45, 2.75) is 25.3 Å². The number of amides is 1. The Kier molecular flexibility index (Phi) is 2.94. The first kappa shape index (κ1) is 10.7. The largest absolute Gasteiger partial charge is 0.481 e. The van der Waals surface area contributed by atoms with Gasteiger partial charge in [-0.2, -0.15) is 0 Å². The van der Waals surface area contributed by atoms with Crippen LogP contribution in [0.15, 0.2) is 22.8 Å². The van der Waals surface area contributed by atoms with Gasteiger partial charge in [0, 0.05) is 6.04 Å². The van der Waals surface area contributed by atoms with E-state index in [9.17, 15) is 9.59 Å². The van der Waals surface area contributed by atoms with Gasteiger partial charge in [0.05, 0.1) is 12.2 Å². The van der Waals surface area contributed by atoms with Gasteiger partial charge >= 0.3 is 5.97 Å². The molecule has 1 aromatic heterocycles. The molecule has 0 aromatic carbocycles. The van der Waals surface area contributed by atoms with E-state index in [0.717, 1.165) is 6.42 Å². The van der Waals surface area contributed by atoms with E-state index in [1.165, 1.54) is 6.26 Å². The molecular weight excluding hydrogens is 210 g/mol. The molecule has 1 saturated carbocycles. The lowest BCUT2D eigenvalue weighted by Gasteiger charge is -2.16. The average molecular weight is 223 g/mol. The number of nitrogens with one attached hydrogen (secondary N) is 1. The number of carbonyl (C=O) groups excluding carboxylic acids is 1. The smallest absolute Gasteiger partial charge is 0.308 e. The minimum Gasteiger partial charge on any atom is -0.481 e. The molecule has 1 amide bonds. The molecule has 86 valence electrons. The van der Waals surface area contributed by atoms with Crippen LogP contribution in [0.4, 0.5) is 0 Å². The highest BCUT2D eigenvalue weighted by atomic mass is 16.4. The van der Waals surface area contributed by atoms with Crippen LogP contribution in [0.3, 0.4) is 0 Å². The molecule has 16 heavy (non-hydrogen) atoms. The first-order valence-electron chi connectivity index (χ1n) is 5.25. The molecule has 2 N–H and O–H groups in total. The number of carboxylic acids is 1. The number of furan rings is 1. The van der Waals surface area contributed by atoms with Crippen molar-refractivity contribution in [3.05, 3.63) is 24.2 Å². The molecule has 0 saturated heterocycles. The lowest BCUT2D eigenvalue weighted by atomic mass is 10.0. The average Bonchev–Trinajstić information content (AvgIpc) is 2.86. The van der Waals surface area contributed by atoms with Gasteiger partial charge in [0.25, 0.3) is 5.91 Å².